The number of carbonyl (C=O) groups is 2. The van der Waals surface area contributed by atoms with Crippen molar-refractivity contribution in [2.24, 2.45) is 0 Å². The molecule has 1 fully saturated rings. The quantitative estimate of drug-likeness (QED) is 0.735. The van der Waals surface area contributed by atoms with Crippen LogP contribution < -0.4 is 10.6 Å². The highest BCUT2D eigenvalue weighted by Crippen LogP contribution is 2.22. The molecule has 1 saturated heterocycles. The molecular formula is C21H21ClN4O3. The first-order chi connectivity index (χ1) is 14.1. The van der Waals surface area contributed by atoms with Gasteiger partial charge in [-0.2, -0.15) is 5.26 Å². The zero-order chi connectivity index (χ0) is 20.6. The van der Waals surface area contributed by atoms with Gasteiger partial charge in [-0.05, 0) is 23.8 Å². The molecule has 0 unspecified atom stereocenters. The smallest absolute Gasteiger partial charge is 0.313 e. The van der Waals surface area contributed by atoms with E-state index in [1.165, 1.54) is 12.1 Å². The Bertz CT molecular complexity index is 914. The largest absolute Gasteiger partial charge is 0.371 e. The Morgan fingerprint density at radius 3 is 2.76 bits per heavy atom. The molecule has 0 saturated carbocycles. The van der Waals surface area contributed by atoms with E-state index < -0.39 is 11.8 Å². The van der Waals surface area contributed by atoms with E-state index in [0.29, 0.717) is 24.7 Å². The van der Waals surface area contributed by atoms with Crippen LogP contribution in [0.3, 0.4) is 0 Å². The van der Waals surface area contributed by atoms with Gasteiger partial charge < -0.3 is 15.4 Å². The first-order valence-corrected chi connectivity index (χ1v) is 9.62. The van der Waals surface area contributed by atoms with Crippen LogP contribution >= 0.6 is 11.6 Å². The maximum Gasteiger partial charge on any atom is 0.313 e. The number of halogens is 1. The van der Waals surface area contributed by atoms with Crippen molar-refractivity contribution in [3.63, 3.8) is 0 Å². The number of morpholine rings is 1. The SMILES string of the molecule is N#Cc1ccc(Cl)cc1NC(=O)C(=O)NCCN1CCO[C@H](c2ccccc2)C1. The van der Waals surface area contributed by atoms with Crippen LogP contribution in [0.15, 0.2) is 48.5 Å². The second-order valence-electron chi connectivity index (χ2n) is 6.58. The molecule has 1 aliphatic heterocycles. The van der Waals surface area contributed by atoms with Crippen molar-refractivity contribution in [2.45, 2.75) is 6.10 Å². The summed E-state index contributed by atoms with van der Waals surface area (Å²) in [5.41, 5.74) is 1.56. The minimum atomic E-state index is -0.840. The van der Waals surface area contributed by atoms with Crippen LogP contribution in [-0.4, -0.2) is 49.5 Å². The number of nitrogens with zero attached hydrogens (tertiary/aromatic N) is 2. The molecule has 0 aliphatic carbocycles. The summed E-state index contributed by atoms with van der Waals surface area (Å²) in [6, 6.07) is 16.4. The van der Waals surface area contributed by atoms with Crippen LogP contribution in [0, 0.1) is 11.3 Å². The first kappa shape index (κ1) is 20.8. The van der Waals surface area contributed by atoms with E-state index in [4.69, 9.17) is 21.6 Å². The summed E-state index contributed by atoms with van der Waals surface area (Å²) < 4.78 is 5.83. The van der Waals surface area contributed by atoms with E-state index in [1.54, 1.807) is 6.07 Å². The Morgan fingerprint density at radius 1 is 1.21 bits per heavy atom. The molecule has 1 atom stereocenters. The summed E-state index contributed by atoms with van der Waals surface area (Å²) in [6.45, 7) is 3.03. The van der Waals surface area contributed by atoms with Crippen molar-refractivity contribution in [1.82, 2.24) is 10.2 Å². The number of benzene rings is 2. The summed E-state index contributed by atoms with van der Waals surface area (Å²) in [5, 5.41) is 14.5. The van der Waals surface area contributed by atoms with E-state index in [-0.39, 0.29) is 17.4 Å². The van der Waals surface area contributed by atoms with Crippen LogP contribution in [0.4, 0.5) is 5.69 Å². The van der Waals surface area contributed by atoms with Crippen LogP contribution in [0.5, 0.6) is 0 Å². The lowest BCUT2D eigenvalue weighted by Gasteiger charge is -2.33. The number of ether oxygens (including phenoxy) is 1. The minimum Gasteiger partial charge on any atom is -0.371 e. The van der Waals surface area contributed by atoms with Gasteiger partial charge in [0.05, 0.1) is 24.0 Å². The Morgan fingerprint density at radius 2 is 2.00 bits per heavy atom. The van der Waals surface area contributed by atoms with Crippen molar-refractivity contribution >= 4 is 29.1 Å². The lowest BCUT2D eigenvalue weighted by atomic mass is 10.1. The monoisotopic (exact) mass is 412 g/mol. The van der Waals surface area contributed by atoms with Gasteiger partial charge in [-0.25, -0.2) is 0 Å². The number of hydrogen-bond donors (Lipinski definition) is 2. The number of nitrogens with one attached hydrogen (secondary N) is 2. The van der Waals surface area contributed by atoms with Crippen LogP contribution in [0.1, 0.15) is 17.2 Å². The highest BCUT2D eigenvalue weighted by Gasteiger charge is 2.22. The van der Waals surface area contributed by atoms with Gasteiger partial charge in [-0.3, -0.25) is 14.5 Å². The van der Waals surface area contributed by atoms with Gasteiger partial charge in [0.25, 0.3) is 0 Å². The number of rotatable bonds is 5. The van der Waals surface area contributed by atoms with E-state index in [0.717, 1.165) is 18.7 Å². The van der Waals surface area contributed by atoms with Gasteiger partial charge in [0.15, 0.2) is 0 Å². The molecule has 8 heteroatoms. The summed E-state index contributed by atoms with van der Waals surface area (Å²) in [6.07, 6.45) is -0.00354. The average molecular weight is 413 g/mol. The Hall–Kier alpha value is -2.92. The molecule has 2 N–H and O–H groups in total. The molecule has 2 aromatic carbocycles. The zero-order valence-electron chi connectivity index (χ0n) is 15.7. The lowest BCUT2D eigenvalue weighted by molar-refractivity contribution is -0.136. The molecule has 150 valence electrons. The van der Waals surface area contributed by atoms with Crippen molar-refractivity contribution < 1.29 is 14.3 Å². The van der Waals surface area contributed by atoms with E-state index in [9.17, 15) is 9.59 Å². The van der Waals surface area contributed by atoms with Crippen LogP contribution in [0.25, 0.3) is 0 Å². The molecule has 2 aromatic rings. The van der Waals surface area contributed by atoms with Crippen molar-refractivity contribution in [2.75, 3.05) is 38.1 Å². The van der Waals surface area contributed by atoms with Gasteiger partial charge in [0.1, 0.15) is 6.07 Å². The summed E-state index contributed by atoms with van der Waals surface area (Å²) in [7, 11) is 0. The second-order valence-corrected chi connectivity index (χ2v) is 7.02. The molecule has 0 radical (unpaired) electrons. The van der Waals surface area contributed by atoms with Gasteiger partial charge >= 0.3 is 11.8 Å². The fourth-order valence-electron chi connectivity index (χ4n) is 3.08. The van der Waals surface area contributed by atoms with E-state index in [1.807, 2.05) is 36.4 Å². The third kappa shape index (κ3) is 5.78. The van der Waals surface area contributed by atoms with Crippen LogP contribution in [-0.2, 0) is 14.3 Å². The number of carbonyl (C=O) groups excluding carboxylic acids is 2. The predicted octanol–water partition coefficient (Wildman–Crippen LogP) is 2.34. The molecule has 1 heterocycles. The van der Waals surface area contributed by atoms with E-state index in [2.05, 4.69) is 15.5 Å². The second kappa shape index (κ2) is 10.0. The van der Waals surface area contributed by atoms with Crippen LogP contribution in [0.2, 0.25) is 5.02 Å². The van der Waals surface area contributed by atoms with Crippen molar-refractivity contribution in [1.29, 1.82) is 5.26 Å². The molecule has 2 amide bonds. The Balaban J connectivity index is 1.46. The average Bonchev–Trinajstić information content (AvgIpc) is 2.74. The maximum absolute atomic E-state index is 12.1. The molecule has 0 aromatic heterocycles. The fourth-order valence-corrected chi connectivity index (χ4v) is 3.25. The zero-order valence-corrected chi connectivity index (χ0v) is 16.5. The molecule has 29 heavy (non-hydrogen) atoms. The lowest BCUT2D eigenvalue weighted by Crippen LogP contribution is -2.44. The molecule has 1 aliphatic rings. The summed E-state index contributed by atoms with van der Waals surface area (Å²) >= 11 is 5.89. The molecule has 3 rings (SSSR count). The van der Waals surface area contributed by atoms with Crippen molar-refractivity contribution in [3.8, 4) is 6.07 Å². The van der Waals surface area contributed by atoms with E-state index >= 15 is 0 Å². The van der Waals surface area contributed by atoms with Gasteiger partial charge in [0.2, 0.25) is 0 Å². The topological polar surface area (TPSA) is 94.5 Å². The Labute approximate surface area is 174 Å². The molecular weight excluding hydrogens is 392 g/mol. The fraction of sp³-hybridized carbons (Fsp3) is 0.286. The highest BCUT2D eigenvalue weighted by molar-refractivity contribution is 6.40. The summed E-state index contributed by atoms with van der Waals surface area (Å²) in [5.74, 6) is -1.60. The highest BCUT2D eigenvalue weighted by atomic mass is 35.5. The van der Waals surface area contributed by atoms with Gasteiger partial charge in [-0.1, -0.05) is 41.9 Å². The molecule has 0 bridgehead atoms. The van der Waals surface area contributed by atoms with Crippen molar-refractivity contribution in [3.05, 3.63) is 64.7 Å². The maximum atomic E-state index is 12.1. The minimum absolute atomic E-state index is 0.00354. The number of hydrogen-bond acceptors (Lipinski definition) is 5. The molecule has 7 nitrogen and oxygen atoms in total. The standard InChI is InChI=1S/C21H21ClN4O3/c22-17-7-6-16(13-23)18(12-17)25-21(28)20(27)24-8-9-26-10-11-29-19(14-26)15-4-2-1-3-5-15/h1-7,12,19H,8-11,14H2,(H,24,27)(H,25,28)/t19-/m0/s1. The predicted molar refractivity (Wildman–Crippen MR) is 109 cm³/mol. The third-order valence-corrected chi connectivity index (χ3v) is 4.83. The Kier molecular flexibility index (Phi) is 7.19. The number of anilines is 1. The first-order valence-electron chi connectivity index (χ1n) is 9.24. The third-order valence-electron chi connectivity index (χ3n) is 4.59. The normalized spacial score (nSPS) is 16.6. The molecule has 0 spiro atoms. The summed E-state index contributed by atoms with van der Waals surface area (Å²) in [4.78, 5) is 26.4. The number of nitriles is 1. The number of amides is 2. The van der Waals surface area contributed by atoms with Gasteiger partial charge in [-0.15, -0.1) is 0 Å². The van der Waals surface area contributed by atoms with Gasteiger partial charge in [0, 0.05) is 31.2 Å².